The molecule has 0 heterocycles. The standard InChI is InChI=1S/C19H14F4N2O4/c1-27-14-6-3-13(4-7-14)25-17(26)12(10-24)8-11-2-5-15(28-18(20)21)9-16(11)29-19(22)23/h2-9,18-19H,1H3,(H,25,26). The third kappa shape index (κ3) is 6.42. The number of rotatable bonds is 8. The highest BCUT2D eigenvalue weighted by molar-refractivity contribution is 6.09. The van der Waals surface area contributed by atoms with Crippen LogP contribution in [-0.4, -0.2) is 26.2 Å². The van der Waals surface area contributed by atoms with E-state index in [1.807, 2.05) is 0 Å². The van der Waals surface area contributed by atoms with Gasteiger partial charge < -0.3 is 19.5 Å². The highest BCUT2D eigenvalue weighted by Gasteiger charge is 2.15. The maximum Gasteiger partial charge on any atom is 0.387 e. The van der Waals surface area contributed by atoms with E-state index in [0.29, 0.717) is 11.4 Å². The van der Waals surface area contributed by atoms with E-state index < -0.39 is 36.2 Å². The van der Waals surface area contributed by atoms with E-state index in [2.05, 4.69) is 14.8 Å². The molecule has 0 saturated heterocycles. The summed E-state index contributed by atoms with van der Waals surface area (Å²) in [5.41, 5.74) is -0.169. The van der Waals surface area contributed by atoms with Crippen molar-refractivity contribution in [3.63, 3.8) is 0 Å². The molecule has 2 aromatic carbocycles. The molecule has 0 unspecified atom stereocenters. The number of anilines is 1. The molecule has 0 bridgehead atoms. The van der Waals surface area contributed by atoms with Crippen LogP contribution in [-0.2, 0) is 4.79 Å². The van der Waals surface area contributed by atoms with Crippen molar-refractivity contribution in [2.24, 2.45) is 0 Å². The summed E-state index contributed by atoms with van der Waals surface area (Å²) in [6.45, 7) is -6.43. The second-order valence-corrected chi connectivity index (χ2v) is 5.31. The molecule has 0 aliphatic heterocycles. The first-order valence-corrected chi connectivity index (χ1v) is 7.93. The molecular weight excluding hydrogens is 396 g/mol. The molecule has 1 amide bonds. The predicted molar refractivity (Wildman–Crippen MR) is 94.9 cm³/mol. The summed E-state index contributed by atoms with van der Waals surface area (Å²) >= 11 is 0. The summed E-state index contributed by atoms with van der Waals surface area (Å²) in [6, 6.07) is 10.9. The van der Waals surface area contributed by atoms with Gasteiger partial charge in [-0.05, 0) is 42.5 Å². The lowest BCUT2D eigenvalue weighted by Crippen LogP contribution is -2.13. The fourth-order valence-electron chi connectivity index (χ4n) is 2.19. The normalized spacial score (nSPS) is 11.2. The van der Waals surface area contributed by atoms with Crippen LogP contribution >= 0.6 is 0 Å². The average molecular weight is 410 g/mol. The zero-order valence-corrected chi connectivity index (χ0v) is 14.9. The van der Waals surface area contributed by atoms with Crippen molar-refractivity contribution in [3.8, 4) is 23.3 Å². The summed E-state index contributed by atoms with van der Waals surface area (Å²) in [7, 11) is 1.47. The van der Waals surface area contributed by atoms with Crippen molar-refractivity contribution >= 4 is 17.7 Å². The number of carbonyl (C=O) groups excluding carboxylic acids is 1. The number of nitrogens with zero attached hydrogens (tertiary/aromatic N) is 1. The SMILES string of the molecule is COc1ccc(NC(=O)C(C#N)=Cc2ccc(OC(F)F)cc2OC(F)F)cc1. The van der Waals surface area contributed by atoms with Gasteiger partial charge in [-0.2, -0.15) is 22.8 Å². The van der Waals surface area contributed by atoms with E-state index in [4.69, 9.17) is 4.74 Å². The average Bonchev–Trinajstić information content (AvgIpc) is 2.67. The number of hydrogen-bond acceptors (Lipinski definition) is 5. The lowest BCUT2D eigenvalue weighted by atomic mass is 10.1. The van der Waals surface area contributed by atoms with Crippen LogP contribution in [0.3, 0.4) is 0 Å². The molecule has 2 rings (SSSR count). The number of ether oxygens (including phenoxy) is 3. The maximum atomic E-state index is 12.6. The number of hydrogen-bond donors (Lipinski definition) is 1. The maximum absolute atomic E-state index is 12.6. The Morgan fingerprint density at radius 3 is 2.21 bits per heavy atom. The van der Waals surface area contributed by atoms with Crippen molar-refractivity contribution in [1.29, 1.82) is 5.26 Å². The lowest BCUT2D eigenvalue weighted by molar-refractivity contribution is -0.112. The van der Waals surface area contributed by atoms with Gasteiger partial charge in [0.15, 0.2) is 0 Å². The van der Waals surface area contributed by atoms with Crippen LogP contribution in [0.1, 0.15) is 5.56 Å². The van der Waals surface area contributed by atoms with E-state index >= 15 is 0 Å². The molecule has 0 radical (unpaired) electrons. The van der Waals surface area contributed by atoms with Crippen LogP contribution in [0.25, 0.3) is 6.08 Å². The molecule has 0 saturated carbocycles. The second kappa shape index (κ2) is 9.98. The van der Waals surface area contributed by atoms with Gasteiger partial charge in [-0.15, -0.1) is 0 Å². The molecule has 29 heavy (non-hydrogen) atoms. The zero-order chi connectivity index (χ0) is 21.4. The predicted octanol–water partition coefficient (Wildman–Crippen LogP) is 4.44. The Morgan fingerprint density at radius 2 is 1.66 bits per heavy atom. The number of halogens is 4. The van der Waals surface area contributed by atoms with Crippen LogP contribution in [0.4, 0.5) is 23.2 Å². The molecular formula is C19H14F4N2O4. The fraction of sp³-hybridized carbons (Fsp3) is 0.158. The molecule has 0 aliphatic carbocycles. The molecule has 152 valence electrons. The molecule has 10 heteroatoms. The lowest BCUT2D eigenvalue weighted by Gasteiger charge is -2.11. The van der Waals surface area contributed by atoms with E-state index in [1.54, 1.807) is 18.2 Å². The summed E-state index contributed by atoms with van der Waals surface area (Å²) in [5, 5.41) is 11.7. The van der Waals surface area contributed by atoms with Crippen LogP contribution < -0.4 is 19.5 Å². The molecule has 0 fully saturated rings. The van der Waals surface area contributed by atoms with Crippen LogP contribution in [0, 0.1) is 11.3 Å². The summed E-state index contributed by atoms with van der Waals surface area (Å²) < 4.78 is 63.3. The molecule has 6 nitrogen and oxygen atoms in total. The van der Waals surface area contributed by atoms with Gasteiger partial charge in [0, 0.05) is 17.3 Å². The summed E-state index contributed by atoms with van der Waals surface area (Å²) in [6.07, 6.45) is 0.989. The Morgan fingerprint density at radius 1 is 1.03 bits per heavy atom. The van der Waals surface area contributed by atoms with Gasteiger partial charge in [0.25, 0.3) is 5.91 Å². The van der Waals surface area contributed by atoms with Crippen LogP contribution in [0.15, 0.2) is 48.0 Å². The molecule has 0 aliphatic rings. The van der Waals surface area contributed by atoms with Gasteiger partial charge in [-0.1, -0.05) is 0 Å². The van der Waals surface area contributed by atoms with Crippen LogP contribution in [0.2, 0.25) is 0 Å². The number of methoxy groups -OCH3 is 1. The quantitative estimate of drug-likeness (QED) is 0.395. The van der Waals surface area contributed by atoms with E-state index in [0.717, 1.165) is 24.3 Å². The third-order valence-electron chi connectivity index (χ3n) is 3.44. The summed E-state index contributed by atoms with van der Waals surface area (Å²) in [4.78, 5) is 12.3. The number of nitriles is 1. The van der Waals surface area contributed by atoms with Crippen molar-refractivity contribution < 1.29 is 36.6 Å². The number of alkyl halides is 4. The molecule has 2 aromatic rings. The van der Waals surface area contributed by atoms with Crippen molar-refractivity contribution in [1.82, 2.24) is 0 Å². The zero-order valence-electron chi connectivity index (χ0n) is 14.9. The third-order valence-corrected chi connectivity index (χ3v) is 3.44. The van der Waals surface area contributed by atoms with Crippen molar-refractivity contribution in [3.05, 3.63) is 53.6 Å². The van der Waals surface area contributed by atoms with Gasteiger partial charge in [0.05, 0.1) is 7.11 Å². The first kappa shape index (κ1) is 21.6. The van der Waals surface area contributed by atoms with Crippen molar-refractivity contribution in [2.45, 2.75) is 13.2 Å². The Hall–Kier alpha value is -3.74. The minimum atomic E-state index is -3.26. The van der Waals surface area contributed by atoms with Gasteiger partial charge in [0.2, 0.25) is 0 Å². The number of carbonyl (C=O) groups is 1. The highest BCUT2D eigenvalue weighted by Crippen LogP contribution is 2.29. The first-order valence-electron chi connectivity index (χ1n) is 7.93. The largest absolute Gasteiger partial charge is 0.497 e. The molecule has 0 aromatic heterocycles. The first-order chi connectivity index (χ1) is 13.8. The number of amides is 1. The Balaban J connectivity index is 2.29. The molecule has 0 atom stereocenters. The second-order valence-electron chi connectivity index (χ2n) is 5.31. The smallest absolute Gasteiger partial charge is 0.387 e. The topological polar surface area (TPSA) is 80.6 Å². The van der Waals surface area contributed by atoms with Gasteiger partial charge >= 0.3 is 13.2 Å². The fourth-order valence-corrected chi connectivity index (χ4v) is 2.19. The van der Waals surface area contributed by atoms with E-state index in [9.17, 15) is 27.6 Å². The van der Waals surface area contributed by atoms with Crippen LogP contribution in [0.5, 0.6) is 17.2 Å². The molecule has 1 N–H and O–H groups in total. The highest BCUT2D eigenvalue weighted by atomic mass is 19.3. The van der Waals surface area contributed by atoms with E-state index in [1.165, 1.54) is 19.2 Å². The Kier molecular flexibility index (Phi) is 7.42. The minimum Gasteiger partial charge on any atom is -0.497 e. The minimum absolute atomic E-state index is 0.103. The summed E-state index contributed by atoms with van der Waals surface area (Å²) in [5.74, 6) is -1.22. The Labute approximate surface area is 162 Å². The number of benzene rings is 2. The Bertz CT molecular complexity index is 925. The van der Waals surface area contributed by atoms with Gasteiger partial charge in [-0.3, -0.25) is 4.79 Å². The van der Waals surface area contributed by atoms with Gasteiger partial charge in [0.1, 0.15) is 28.9 Å². The molecule has 0 spiro atoms. The van der Waals surface area contributed by atoms with Gasteiger partial charge in [-0.25, -0.2) is 0 Å². The number of nitrogens with one attached hydrogen (secondary N) is 1. The monoisotopic (exact) mass is 410 g/mol. The van der Waals surface area contributed by atoms with E-state index in [-0.39, 0.29) is 5.56 Å². The van der Waals surface area contributed by atoms with Crippen molar-refractivity contribution in [2.75, 3.05) is 12.4 Å².